The molecule has 2 heteroatoms. The lowest BCUT2D eigenvalue weighted by Gasteiger charge is -1.89. The topological polar surface area (TPSA) is 0 Å². The van der Waals surface area contributed by atoms with Gasteiger partial charge in [-0.05, 0) is 45.6 Å². The van der Waals surface area contributed by atoms with Gasteiger partial charge in [-0.2, -0.15) is 11.3 Å². The number of rotatable bonds is 1. The Labute approximate surface area is 67.0 Å². The van der Waals surface area contributed by atoms with Gasteiger partial charge in [0.2, 0.25) is 0 Å². The molecule has 9 heavy (non-hydrogen) atoms. The fourth-order valence-corrected chi connectivity index (χ4v) is 2.68. The van der Waals surface area contributed by atoms with Gasteiger partial charge in [-0.1, -0.05) is 0 Å². The predicted octanol–water partition coefficient (Wildman–Crippen LogP) is 3.39. The highest BCUT2D eigenvalue weighted by Gasteiger charge is 2.25. The van der Waals surface area contributed by atoms with E-state index in [4.69, 9.17) is 0 Å². The molecule has 1 saturated carbocycles. The zero-order chi connectivity index (χ0) is 6.27. The highest BCUT2D eigenvalue weighted by Crippen LogP contribution is 2.44. The van der Waals surface area contributed by atoms with Gasteiger partial charge in [-0.3, -0.25) is 0 Å². The summed E-state index contributed by atoms with van der Waals surface area (Å²) in [5, 5.41) is 4.41. The Hall–Kier alpha value is 0.180. The van der Waals surface area contributed by atoms with E-state index < -0.39 is 0 Å². The van der Waals surface area contributed by atoms with Crippen molar-refractivity contribution in [2.75, 3.05) is 0 Å². The number of halogens is 1. The van der Waals surface area contributed by atoms with Gasteiger partial charge in [0.15, 0.2) is 0 Å². The second-order valence-corrected chi connectivity index (χ2v) is 4.05. The molecule has 48 valence electrons. The summed E-state index contributed by atoms with van der Waals surface area (Å²) in [6, 6.07) is 0. The first-order valence-corrected chi connectivity index (χ1v) is 4.83. The minimum atomic E-state index is 0.894. The third-order valence-corrected chi connectivity index (χ3v) is 3.41. The van der Waals surface area contributed by atoms with Crippen LogP contribution in [0, 0.1) is 0 Å². The Bertz CT molecular complexity index is 212. The molecular formula is C7H7BrS. The molecule has 0 unspecified atom stereocenters. The van der Waals surface area contributed by atoms with Crippen molar-refractivity contribution in [2.45, 2.75) is 18.8 Å². The second-order valence-electron chi connectivity index (χ2n) is 2.45. The lowest BCUT2D eigenvalue weighted by molar-refractivity contribution is 1.13. The fraction of sp³-hybridized carbons (Fsp3) is 0.429. The molecular weight excluding hydrogens is 196 g/mol. The van der Waals surface area contributed by atoms with Crippen LogP contribution in [0.5, 0.6) is 0 Å². The number of hydrogen-bond donors (Lipinski definition) is 0. The van der Waals surface area contributed by atoms with Crippen LogP contribution in [0.25, 0.3) is 0 Å². The summed E-state index contributed by atoms with van der Waals surface area (Å²) in [5.74, 6) is 0.894. The van der Waals surface area contributed by atoms with Crippen LogP contribution in [0.2, 0.25) is 0 Å². The normalized spacial score (nSPS) is 18.3. The van der Waals surface area contributed by atoms with Crippen LogP contribution in [0.3, 0.4) is 0 Å². The smallest absolute Gasteiger partial charge is 0.0317 e. The molecule has 0 radical (unpaired) electrons. The van der Waals surface area contributed by atoms with Crippen molar-refractivity contribution in [2.24, 2.45) is 0 Å². The number of thiophene rings is 1. The van der Waals surface area contributed by atoms with Crippen LogP contribution in [0.15, 0.2) is 15.2 Å². The van der Waals surface area contributed by atoms with Crippen LogP contribution >= 0.6 is 27.3 Å². The molecule has 2 rings (SSSR count). The Balaban J connectivity index is 2.35. The molecule has 1 aliphatic carbocycles. The number of hydrogen-bond acceptors (Lipinski definition) is 1. The SMILES string of the molecule is Brc1cscc1C1CC1. The minimum Gasteiger partial charge on any atom is -0.151 e. The van der Waals surface area contributed by atoms with E-state index in [1.54, 1.807) is 11.3 Å². The van der Waals surface area contributed by atoms with Crippen LogP contribution in [-0.2, 0) is 0 Å². The van der Waals surface area contributed by atoms with E-state index in [0.717, 1.165) is 5.92 Å². The molecule has 1 aromatic heterocycles. The standard InChI is InChI=1S/C7H7BrS/c8-7-4-9-3-6(7)5-1-2-5/h3-5H,1-2H2. The average molecular weight is 203 g/mol. The van der Waals surface area contributed by atoms with Gasteiger partial charge in [0.1, 0.15) is 0 Å². The first-order chi connectivity index (χ1) is 4.38. The Morgan fingerprint density at radius 1 is 1.44 bits per heavy atom. The molecule has 0 nitrogen and oxygen atoms in total. The zero-order valence-electron chi connectivity index (χ0n) is 4.93. The molecule has 0 spiro atoms. The molecule has 0 aliphatic heterocycles. The van der Waals surface area contributed by atoms with Crippen molar-refractivity contribution in [3.63, 3.8) is 0 Å². The van der Waals surface area contributed by atoms with E-state index in [1.807, 2.05) is 0 Å². The fourth-order valence-electron chi connectivity index (χ4n) is 0.977. The van der Waals surface area contributed by atoms with Crippen LogP contribution in [0.1, 0.15) is 24.3 Å². The Morgan fingerprint density at radius 2 is 2.22 bits per heavy atom. The summed E-state index contributed by atoms with van der Waals surface area (Å²) < 4.78 is 1.31. The lowest BCUT2D eigenvalue weighted by atomic mass is 10.2. The van der Waals surface area contributed by atoms with E-state index in [9.17, 15) is 0 Å². The predicted molar refractivity (Wildman–Crippen MR) is 44.0 cm³/mol. The molecule has 0 bridgehead atoms. The van der Waals surface area contributed by atoms with Crippen molar-refractivity contribution >= 4 is 27.3 Å². The summed E-state index contributed by atoms with van der Waals surface area (Å²) in [4.78, 5) is 0. The molecule has 1 aliphatic rings. The van der Waals surface area contributed by atoms with Gasteiger partial charge in [-0.25, -0.2) is 0 Å². The van der Waals surface area contributed by atoms with Crippen molar-refractivity contribution in [1.29, 1.82) is 0 Å². The largest absolute Gasteiger partial charge is 0.151 e. The maximum atomic E-state index is 3.52. The third kappa shape index (κ3) is 1.06. The van der Waals surface area contributed by atoms with E-state index in [0.29, 0.717) is 0 Å². The van der Waals surface area contributed by atoms with Gasteiger partial charge >= 0.3 is 0 Å². The summed E-state index contributed by atoms with van der Waals surface area (Å²) in [6.07, 6.45) is 2.80. The first-order valence-electron chi connectivity index (χ1n) is 3.09. The van der Waals surface area contributed by atoms with E-state index >= 15 is 0 Å². The van der Waals surface area contributed by atoms with Crippen molar-refractivity contribution in [3.8, 4) is 0 Å². The maximum absolute atomic E-state index is 3.52. The molecule has 0 amide bonds. The molecule has 0 N–H and O–H groups in total. The molecule has 1 heterocycles. The maximum Gasteiger partial charge on any atom is 0.0317 e. The molecule has 0 saturated heterocycles. The Kier molecular flexibility index (Phi) is 1.38. The van der Waals surface area contributed by atoms with Crippen molar-refractivity contribution in [3.05, 3.63) is 20.8 Å². The monoisotopic (exact) mass is 202 g/mol. The summed E-state index contributed by atoms with van der Waals surface area (Å²) in [7, 11) is 0. The summed E-state index contributed by atoms with van der Waals surface area (Å²) in [6.45, 7) is 0. The Morgan fingerprint density at radius 3 is 2.67 bits per heavy atom. The van der Waals surface area contributed by atoms with Crippen LogP contribution in [-0.4, -0.2) is 0 Å². The second kappa shape index (κ2) is 2.10. The zero-order valence-corrected chi connectivity index (χ0v) is 7.33. The quantitative estimate of drug-likeness (QED) is 0.656. The van der Waals surface area contributed by atoms with Crippen molar-refractivity contribution < 1.29 is 0 Å². The summed E-state index contributed by atoms with van der Waals surface area (Å²) >= 11 is 5.30. The highest BCUT2D eigenvalue weighted by molar-refractivity contribution is 9.10. The molecule has 0 atom stereocenters. The molecule has 0 aromatic carbocycles. The molecule has 1 fully saturated rings. The summed E-state index contributed by atoms with van der Waals surface area (Å²) in [5.41, 5.74) is 1.53. The van der Waals surface area contributed by atoms with Gasteiger partial charge in [0.25, 0.3) is 0 Å². The van der Waals surface area contributed by atoms with Crippen LogP contribution < -0.4 is 0 Å². The first kappa shape index (κ1) is 5.93. The third-order valence-electron chi connectivity index (χ3n) is 1.66. The van der Waals surface area contributed by atoms with E-state index in [-0.39, 0.29) is 0 Å². The van der Waals surface area contributed by atoms with Gasteiger partial charge < -0.3 is 0 Å². The van der Waals surface area contributed by atoms with E-state index in [2.05, 4.69) is 26.7 Å². The van der Waals surface area contributed by atoms with Gasteiger partial charge in [-0.15, -0.1) is 0 Å². The van der Waals surface area contributed by atoms with E-state index in [1.165, 1.54) is 22.9 Å². The van der Waals surface area contributed by atoms with Crippen LogP contribution in [0.4, 0.5) is 0 Å². The highest BCUT2D eigenvalue weighted by atomic mass is 79.9. The van der Waals surface area contributed by atoms with Gasteiger partial charge in [0.05, 0.1) is 0 Å². The lowest BCUT2D eigenvalue weighted by Crippen LogP contribution is -1.70. The van der Waals surface area contributed by atoms with Gasteiger partial charge in [0, 0.05) is 9.85 Å². The average Bonchev–Trinajstić information content (AvgIpc) is 2.58. The van der Waals surface area contributed by atoms with Crippen molar-refractivity contribution in [1.82, 2.24) is 0 Å². The molecule has 1 aromatic rings. The minimum absolute atomic E-state index is 0.894.